The van der Waals surface area contributed by atoms with Crippen LogP contribution in [0.1, 0.15) is 28.2 Å². The summed E-state index contributed by atoms with van der Waals surface area (Å²) in [5, 5.41) is 15.2. The molecule has 32 heavy (non-hydrogen) atoms. The molecule has 2 heterocycles. The number of nitrogens with one attached hydrogen (secondary N) is 2. The summed E-state index contributed by atoms with van der Waals surface area (Å²) >= 11 is 0. The van der Waals surface area contributed by atoms with E-state index in [1.165, 1.54) is 31.4 Å². The summed E-state index contributed by atoms with van der Waals surface area (Å²) in [6.45, 7) is 3.18. The molecular weight excluding hydrogens is 416 g/mol. The van der Waals surface area contributed by atoms with Crippen molar-refractivity contribution in [3.05, 3.63) is 65.0 Å². The van der Waals surface area contributed by atoms with Crippen LogP contribution < -0.4 is 15.4 Å². The Morgan fingerprint density at radius 1 is 1.28 bits per heavy atom. The summed E-state index contributed by atoms with van der Waals surface area (Å²) in [4.78, 5) is 17.5. The summed E-state index contributed by atoms with van der Waals surface area (Å²) in [6, 6.07) is 10.2. The number of hydrogen-bond acceptors (Lipinski definition) is 5. The minimum Gasteiger partial charge on any atom is -0.494 e. The zero-order chi connectivity index (χ0) is 22.8. The summed E-state index contributed by atoms with van der Waals surface area (Å²) in [6.07, 6.45) is 0.808. The van der Waals surface area contributed by atoms with Gasteiger partial charge in [-0.25, -0.2) is 13.8 Å². The van der Waals surface area contributed by atoms with Gasteiger partial charge in [0, 0.05) is 24.2 Å². The Hall–Kier alpha value is -3.77. The number of halogens is 2. The normalized spacial score (nSPS) is 15.4. The molecule has 1 saturated heterocycles. The van der Waals surface area contributed by atoms with Crippen LogP contribution in [-0.2, 0) is 0 Å². The van der Waals surface area contributed by atoms with Crippen molar-refractivity contribution in [1.29, 1.82) is 5.26 Å². The topological polar surface area (TPSA) is 92.0 Å². The number of carbonyl (C=O) groups excluding carboxylic acids is 1. The van der Waals surface area contributed by atoms with Crippen molar-refractivity contribution >= 4 is 5.91 Å². The monoisotopic (exact) mass is 437 g/mol. The van der Waals surface area contributed by atoms with Crippen LogP contribution in [0.2, 0.25) is 0 Å². The molecule has 164 valence electrons. The third-order valence-corrected chi connectivity index (χ3v) is 5.46. The van der Waals surface area contributed by atoms with Crippen molar-refractivity contribution in [2.75, 3.05) is 20.2 Å². The number of nitriles is 1. The van der Waals surface area contributed by atoms with E-state index in [-0.39, 0.29) is 34.8 Å². The molecule has 0 bridgehead atoms. The first-order chi connectivity index (χ1) is 15.4. The summed E-state index contributed by atoms with van der Waals surface area (Å²) in [5.74, 6) is -1.33. The molecule has 1 aromatic heterocycles. The Balaban J connectivity index is 1.85. The van der Waals surface area contributed by atoms with Crippen molar-refractivity contribution in [2.45, 2.75) is 19.4 Å². The van der Waals surface area contributed by atoms with Crippen LogP contribution in [-0.4, -0.2) is 41.7 Å². The largest absolute Gasteiger partial charge is 0.494 e. The standard InChI is InChI=1S/C23H21F2N5O2/c1-13-21(23(31)28-16-7-8-27-12-16)29-22(14-3-4-15(11-26)18(24)9-14)30(13)17-5-6-20(32-2)19(25)10-17/h3-6,9-10,16,27H,7-8,12H2,1-2H3,(H,28,31)/t16-/m1/s1. The molecule has 1 fully saturated rings. The number of aromatic nitrogens is 2. The number of nitrogens with zero attached hydrogens (tertiary/aromatic N) is 3. The minimum absolute atomic E-state index is 0.0127. The predicted octanol–water partition coefficient (Wildman–Crippen LogP) is 3.10. The average molecular weight is 437 g/mol. The smallest absolute Gasteiger partial charge is 0.272 e. The molecule has 1 aliphatic rings. The number of rotatable bonds is 5. The zero-order valence-corrected chi connectivity index (χ0v) is 17.6. The van der Waals surface area contributed by atoms with Gasteiger partial charge >= 0.3 is 0 Å². The van der Waals surface area contributed by atoms with Crippen molar-refractivity contribution in [1.82, 2.24) is 20.2 Å². The van der Waals surface area contributed by atoms with Gasteiger partial charge in [-0.05, 0) is 50.2 Å². The highest BCUT2D eigenvalue weighted by Gasteiger charge is 2.25. The van der Waals surface area contributed by atoms with E-state index in [9.17, 15) is 13.6 Å². The second-order valence-electron chi connectivity index (χ2n) is 7.49. The van der Waals surface area contributed by atoms with Crippen LogP contribution >= 0.6 is 0 Å². The Morgan fingerprint density at radius 3 is 2.72 bits per heavy atom. The molecule has 2 N–H and O–H groups in total. The maximum absolute atomic E-state index is 14.5. The molecule has 4 rings (SSSR count). The van der Waals surface area contributed by atoms with Gasteiger partial charge in [-0.2, -0.15) is 5.26 Å². The van der Waals surface area contributed by atoms with Crippen LogP contribution in [0.4, 0.5) is 8.78 Å². The van der Waals surface area contributed by atoms with Gasteiger partial charge in [-0.1, -0.05) is 0 Å². The third kappa shape index (κ3) is 3.92. The van der Waals surface area contributed by atoms with Crippen molar-refractivity contribution in [2.24, 2.45) is 0 Å². The molecule has 2 aromatic carbocycles. The predicted molar refractivity (Wildman–Crippen MR) is 114 cm³/mol. The number of methoxy groups -OCH3 is 1. The minimum atomic E-state index is -0.707. The number of amides is 1. The Morgan fingerprint density at radius 2 is 2.09 bits per heavy atom. The van der Waals surface area contributed by atoms with Gasteiger partial charge in [0.1, 0.15) is 23.4 Å². The van der Waals surface area contributed by atoms with Gasteiger partial charge in [0.25, 0.3) is 5.91 Å². The Kier molecular flexibility index (Phi) is 5.88. The first kappa shape index (κ1) is 21.5. The van der Waals surface area contributed by atoms with Gasteiger partial charge in [0.2, 0.25) is 0 Å². The highest BCUT2D eigenvalue weighted by atomic mass is 19.1. The van der Waals surface area contributed by atoms with Gasteiger partial charge in [-0.3, -0.25) is 9.36 Å². The Bertz CT molecular complexity index is 1230. The number of hydrogen-bond donors (Lipinski definition) is 2. The van der Waals surface area contributed by atoms with E-state index >= 15 is 0 Å². The second kappa shape index (κ2) is 8.77. The van der Waals surface area contributed by atoms with Crippen LogP contribution in [0.15, 0.2) is 36.4 Å². The van der Waals surface area contributed by atoms with Gasteiger partial charge < -0.3 is 15.4 Å². The first-order valence-corrected chi connectivity index (χ1v) is 10.1. The summed E-state index contributed by atoms with van der Waals surface area (Å²) in [7, 11) is 1.37. The Labute approximate surface area is 183 Å². The van der Waals surface area contributed by atoms with E-state index in [1.54, 1.807) is 29.7 Å². The molecule has 0 radical (unpaired) electrons. The lowest BCUT2D eigenvalue weighted by Crippen LogP contribution is -2.36. The average Bonchev–Trinajstić information content (AvgIpc) is 3.41. The number of benzene rings is 2. The molecule has 0 saturated carbocycles. The highest BCUT2D eigenvalue weighted by molar-refractivity contribution is 5.94. The van der Waals surface area contributed by atoms with Gasteiger partial charge in [-0.15, -0.1) is 0 Å². The fourth-order valence-electron chi connectivity index (χ4n) is 3.80. The van der Waals surface area contributed by atoms with Gasteiger partial charge in [0.05, 0.1) is 24.1 Å². The molecule has 1 aliphatic heterocycles. The molecule has 9 heteroatoms. The van der Waals surface area contributed by atoms with Crippen LogP contribution in [0.5, 0.6) is 5.75 Å². The molecule has 1 atom stereocenters. The van der Waals surface area contributed by atoms with Crippen molar-refractivity contribution in [3.8, 4) is 28.9 Å². The van der Waals surface area contributed by atoms with E-state index in [1.807, 2.05) is 0 Å². The molecule has 0 aliphatic carbocycles. The lowest BCUT2D eigenvalue weighted by Gasteiger charge is -2.13. The molecule has 7 nitrogen and oxygen atoms in total. The highest BCUT2D eigenvalue weighted by Crippen LogP contribution is 2.30. The maximum Gasteiger partial charge on any atom is 0.272 e. The van der Waals surface area contributed by atoms with Crippen molar-refractivity contribution in [3.63, 3.8) is 0 Å². The zero-order valence-electron chi connectivity index (χ0n) is 17.6. The maximum atomic E-state index is 14.5. The van der Waals surface area contributed by atoms with E-state index < -0.39 is 11.6 Å². The third-order valence-electron chi connectivity index (χ3n) is 5.46. The number of carbonyl (C=O) groups is 1. The van der Waals surface area contributed by atoms with Gasteiger partial charge in [0.15, 0.2) is 11.6 Å². The fourth-order valence-corrected chi connectivity index (χ4v) is 3.80. The molecule has 3 aromatic rings. The van der Waals surface area contributed by atoms with E-state index in [4.69, 9.17) is 10.00 Å². The summed E-state index contributed by atoms with van der Waals surface area (Å²) < 4.78 is 35.4. The quantitative estimate of drug-likeness (QED) is 0.640. The van der Waals surface area contributed by atoms with E-state index in [0.29, 0.717) is 23.5 Å². The van der Waals surface area contributed by atoms with E-state index in [2.05, 4.69) is 15.6 Å². The number of imidazole rings is 1. The van der Waals surface area contributed by atoms with Crippen LogP contribution in [0, 0.1) is 29.9 Å². The van der Waals surface area contributed by atoms with E-state index in [0.717, 1.165) is 13.0 Å². The number of ether oxygens (including phenoxy) is 1. The fraction of sp³-hybridized carbons (Fsp3) is 0.261. The summed E-state index contributed by atoms with van der Waals surface area (Å²) in [5.41, 5.74) is 1.27. The molecule has 0 spiro atoms. The SMILES string of the molecule is COc1ccc(-n2c(-c3ccc(C#N)c(F)c3)nc(C(=O)N[C@@H]3CCNC3)c2C)cc1F. The lowest BCUT2D eigenvalue weighted by molar-refractivity contribution is 0.0935. The second-order valence-corrected chi connectivity index (χ2v) is 7.49. The first-order valence-electron chi connectivity index (χ1n) is 10.1. The molecule has 0 unspecified atom stereocenters. The molecular formula is C23H21F2N5O2. The van der Waals surface area contributed by atoms with Crippen LogP contribution in [0.3, 0.4) is 0 Å². The van der Waals surface area contributed by atoms with Crippen molar-refractivity contribution < 1.29 is 18.3 Å². The van der Waals surface area contributed by atoms with Crippen LogP contribution in [0.25, 0.3) is 17.1 Å². The lowest BCUT2D eigenvalue weighted by atomic mass is 10.1. The molecule has 1 amide bonds.